The van der Waals surface area contributed by atoms with Crippen molar-refractivity contribution in [2.45, 2.75) is 51.2 Å². The van der Waals surface area contributed by atoms with E-state index in [9.17, 15) is 9.90 Å². The minimum atomic E-state index is -0.332. The molecule has 2 aliphatic rings. The monoisotopic (exact) mass is 223 g/mol. The van der Waals surface area contributed by atoms with Gasteiger partial charge in [0.1, 0.15) is 0 Å². The summed E-state index contributed by atoms with van der Waals surface area (Å²) in [5.41, 5.74) is 0.150. The molecule has 90 valence electrons. The number of carbonyl (C=O) groups is 1. The minimum absolute atomic E-state index is 0.150. The molecule has 1 aliphatic heterocycles. The summed E-state index contributed by atoms with van der Waals surface area (Å²) < 4.78 is 0. The molecule has 16 heavy (non-hydrogen) atoms. The first kappa shape index (κ1) is 11.6. The van der Waals surface area contributed by atoms with E-state index in [1.807, 2.05) is 19.2 Å². The van der Waals surface area contributed by atoms with Crippen molar-refractivity contribution < 1.29 is 9.90 Å². The molecule has 3 nitrogen and oxygen atoms in total. The fourth-order valence-electron chi connectivity index (χ4n) is 2.51. The summed E-state index contributed by atoms with van der Waals surface area (Å²) in [6, 6.07) is 0.190. The highest BCUT2D eigenvalue weighted by Gasteiger charge is 2.46. The van der Waals surface area contributed by atoms with Crippen LogP contribution in [0.2, 0.25) is 0 Å². The summed E-state index contributed by atoms with van der Waals surface area (Å²) in [6.07, 6.45) is 8.40. The van der Waals surface area contributed by atoms with Crippen LogP contribution in [0.4, 0.5) is 0 Å². The van der Waals surface area contributed by atoms with Gasteiger partial charge in [-0.25, -0.2) is 0 Å². The molecular weight excluding hydrogens is 202 g/mol. The first-order valence-corrected chi connectivity index (χ1v) is 6.21. The highest BCUT2D eigenvalue weighted by atomic mass is 16.3. The third-order valence-corrected chi connectivity index (χ3v) is 4.28. The van der Waals surface area contributed by atoms with Gasteiger partial charge in [0.05, 0.1) is 12.1 Å². The molecular formula is C13H21NO2. The summed E-state index contributed by atoms with van der Waals surface area (Å²) in [6.45, 7) is 2.13. The molecule has 1 saturated carbocycles. The van der Waals surface area contributed by atoms with Crippen LogP contribution in [0, 0.1) is 5.41 Å². The maximum Gasteiger partial charge on any atom is 0.222 e. The van der Waals surface area contributed by atoms with Crippen LogP contribution >= 0.6 is 0 Å². The molecule has 0 aromatic carbocycles. The Labute approximate surface area is 97.1 Å². The largest absolute Gasteiger partial charge is 0.388 e. The lowest BCUT2D eigenvalue weighted by molar-refractivity contribution is -0.127. The van der Waals surface area contributed by atoms with E-state index in [2.05, 4.69) is 6.92 Å². The van der Waals surface area contributed by atoms with Crippen LogP contribution in [0.25, 0.3) is 0 Å². The van der Waals surface area contributed by atoms with E-state index >= 15 is 0 Å². The molecule has 2 rings (SSSR count). The van der Waals surface area contributed by atoms with Crippen molar-refractivity contribution in [1.82, 2.24) is 4.90 Å². The molecule has 3 heteroatoms. The molecule has 0 radical (unpaired) electrons. The van der Waals surface area contributed by atoms with Crippen LogP contribution in [-0.4, -0.2) is 35.1 Å². The van der Waals surface area contributed by atoms with Gasteiger partial charge in [-0.3, -0.25) is 4.79 Å². The number of hydrogen-bond acceptors (Lipinski definition) is 2. The van der Waals surface area contributed by atoms with Gasteiger partial charge in [0, 0.05) is 13.5 Å². The van der Waals surface area contributed by atoms with E-state index in [0.717, 1.165) is 25.7 Å². The van der Waals surface area contributed by atoms with Crippen molar-refractivity contribution in [1.29, 1.82) is 0 Å². The quantitative estimate of drug-likeness (QED) is 0.737. The van der Waals surface area contributed by atoms with E-state index < -0.39 is 0 Å². The van der Waals surface area contributed by atoms with Gasteiger partial charge >= 0.3 is 0 Å². The van der Waals surface area contributed by atoms with Crippen molar-refractivity contribution in [2.24, 2.45) is 5.41 Å². The molecule has 0 spiro atoms. The molecule has 1 amide bonds. The molecule has 2 atom stereocenters. The van der Waals surface area contributed by atoms with Crippen LogP contribution in [0.1, 0.15) is 39.0 Å². The highest BCUT2D eigenvalue weighted by molar-refractivity contribution is 5.78. The second-order valence-corrected chi connectivity index (χ2v) is 5.16. The Balaban J connectivity index is 1.92. The van der Waals surface area contributed by atoms with Crippen LogP contribution in [0.5, 0.6) is 0 Å². The maximum absolute atomic E-state index is 11.3. The fourth-order valence-corrected chi connectivity index (χ4v) is 2.51. The minimum Gasteiger partial charge on any atom is -0.388 e. The van der Waals surface area contributed by atoms with Crippen molar-refractivity contribution in [3.63, 3.8) is 0 Å². The van der Waals surface area contributed by atoms with E-state index in [1.165, 1.54) is 0 Å². The maximum atomic E-state index is 11.3. The smallest absolute Gasteiger partial charge is 0.222 e. The number of hydrogen-bond donors (Lipinski definition) is 1. The second kappa shape index (κ2) is 4.21. The molecule has 0 aromatic heterocycles. The third-order valence-electron chi connectivity index (χ3n) is 4.28. The van der Waals surface area contributed by atoms with Crippen LogP contribution in [-0.2, 0) is 4.79 Å². The van der Waals surface area contributed by atoms with E-state index in [1.54, 1.807) is 4.90 Å². The SMILES string of the molecule is CCC1(C(O)/C=C/C2CCC(=O)N2C)CC1. The number of likely N-dealkylation sites (tertiary alicyclic amines) is 1. The number of aliphatic hydroxyl groups is 1. The first-order chi connectivity index (χ1) is 7.59. The number of amides is 1. The predicted molar refractivity (Wildman–Crippen MR) is 62.9 cm³/mol. The van der Waals surface area contributed by atoms with Gasteiger partial charge in [0.15, 0.2) is 0 Å². The van der Waals surface area contributed by atoms with Crippen molar-refractivity contribution in [3.8, 4) is 0 Å². The Kier molecular flexibility index (Phi) is 3.06. The summed E-state index contributed by atoms with van der Waals surface area (Å²) in [4.78, 5) is 13.1. The van der Waals surface area contributed by atoms with E-state index in [0.29, 0.717) is 6.42 Å². The zero-order chi connectivity index (χ0) is 11.8. The second-order valence-electron chi connectivity index (χ2n) is 5.16. The lowest BCUT2D eigenvalue weighted by Gasteiger charge is -2.19. The number of rotatable bonds is 4. The van der Waals surface area contributed by atoms with Gasteiger partial charge in [-0.05, 0) is 31.1 Å². The molecule has 1 heterocycles. The Hall–Kier alpha value is -0.830. The molecule has 1 N–H and O–H groups in total. The van der Waals surface area contributed by atoms with E-state index in [-0.39, 0.29) is 23.5 Å². The Morgan fingerprint density at radius 1 is 1.62 bits per heavy atom. The average Bonchev–Trinajstić information content (AvgIpc) is 3.02. The number of nitrogens with zero attached hydrogens (tertiary/aromatic N) is 1. The van der Waals surface area contributed by atoms with Crippen LogP contribution in [0.3, 0.4) is 0 Å². The lowest BCUT2D eigenvalue weighted by Crippen LogP contribution is -2.27. The van der Waals surface area contributed by atoms with Gasteiger partial charge in [-0.15, -0.1) is 0 Å². The van der Waals surface area contributed by atoms with Crippen LogP contribution < -0.4 is 0 Å². The van der Waals surface area contributed by atoms with Crippen molar-refractivity contribution >= 4 is 5.91 Å². The number of likely N-dealkylation sites (N-methyl/N-ethyl adjacent to an activating group) is 1. The molecule has 1 saturated heterocycles. The molecule has 2 unspecified atom stereocenters. The van der Waals surface area contributed by atoms with Crippen LogP contribution in [0.15, 0.2) is 12.2 Å². The summed E-state index contributed by atoms with van der Waals surface area (Å²) in [5.74, 6) is 0.209. The molecule has 0 aromatic rings. The average molecular weight is 223 g/mol. The normalized spacial score (nSPS) is 30.1. The predicted octanol–water partition coefficient (Wildman–Crippen LogP) is 1.71. The topological polar surface area (TPSA) is 40.5 Å². The van der Waals surface area contributed by atoms with Crippen molar-refractivity contribution in [3.05, 3.63) is 12.2 Å². The number of aliphatic hydroxyl groups excluding tert-OH is 1. The van der Waals surface area contributed by atoms with E-state index in [4.69, 9.17) is 0 Å². The molecule has 0 bridgehead atoms. The Morgan fingerprint density at radius 3 is 2.75 bits per heavy atom. The lowest BCUT2D eigenvalue weighted by atomic mass is 9.95. The van der Waals surface area contributed by atoms with Gasteiger partial charge in [0.25, 0.3) is 0 Å². The van der Waals surface area contributed by atoms with Gasteiger partial charge in [-0.2, -0.15) is 0 Å². The van der Waals surface area contributed by atoms with Gasteiger partial charge < -0.3 is 10.0 Å². The van der Waals surface area contributed by atoms with Gasteiger partial charge in [0.2, 0.25) is 5.91 Å². The zero-order valence-corrected chi connectivity index (χ0v) is 10.1. The highest BCUT2D eigenvalue weighted by Crippen LogP contribution is 2.51. The standard InChI is InChI=1S/C13H21NO2/c1-3-13(8-9-13)11(15)6-4-10-5-7-12(16)14(10)2/h4,6,10-11,15H,3,5,7-9H2,1-2H3/b6-4+. The Morgan fingerprint density at radius 2 is 2.31 bits per heavy atom. The summed E-state index contributed by atoms with van der Waals surface area (Å²) in [7, 11) is 1.84. The zero-order valence-electron chi connectivity index (χ0n) is 10.1. The van der Waals surface area contributed by atoms with Gasteiger partial charge in [-0.1, -0.05) is 19.1 Å². The number of carbonyl (C=O) groups excluding carboxylic acids is 1. The summed E-state index contributed by atoms with van der Waals surface area (Å²) >= 11 is 0. The fraction of sp³-hybridized carbons (Fsp3) is 0.769. The van der Waals surface area contributed by atoms with Crippen molar-refractivity contribution in [2.75, 3.05) is 7.05 Å². The first-order valence-electron chi connectivity index (χ1n) is 6.21. The Bertz CT molecular complexity index is 307. The molecule has 2 fully saturated rings. The third kappa shape index (κ3) is 2.01. The summed E-state index contributed by atoms with van der Waals surface area (Å²) in [5, 5.41) is 10.1. The molecule has 1 aliphatic carbocycles.